The molecule has 0 radical (unpaired) electrons. The number of carbonyl (C=O) groups is 1. The van der Waals surface area contributed by atoms with E-state index in [-0.39, 0.29) is 24.3 Å². The van der Waals surface area contributed by atoms with Crippen LogP contribution in [-0.2, 0) is 14.2 Å². The third-order valence-corrected chi connectivity index (χ3v) is 7.39. The van der Waals surface area contributed by atoms with E-state index >= 15 is 0 Å². The van der Waals surface area contributed by atoms with Gasteiger partial charge in [0.2, 0.25) is 5.95 Å². The molecule has 4 atom stereocenters. The second-order valence-electron chi connectivity index (χ2n) is 9.83. The second-order valence-corrected chi connectivity index (χ2v) is 10.2. The maximum atomic E-state index is 11.8. The van der Waals surface area contributed by atoms with Crippen LogP contribution in [0.4, 0.5) is 11.6 Å². The van der Waals surface area contributed by atoms with Crippen LogP contribution in [0.2, 0.25) is 0 Å². The molecule has 0 aliphatic carbocycles. The van der Waals surface area contributed by atoms with Crippen molar-refractivity contribution in [3.8, 4) is 22.4 Å². The van der Waals surface area contributed by atoms with Gasteiger partial charge in [-0.05, 0) is 47.6 Å². The average molecular weight is 568 g/mol. The predicted molar refractivity (Wildman–Crippen MR) is 161 cm³/mol. The zero-order chi connectivity index (χ0) is 28.2. The highest BCUT2D eigenvalue weighted by Crippen LogP contribution is 2.29. The first-order valence-electron chi connectivity index (χ1n) is 13.3. The van der Waals surface area contributed by atoms with Gasteiger partial charge in [0, 0.05) is 17.4 Å². The van der Waals surface area contributed by atoms with Gasteiger partial charge in [-0.1, -0.05) is 60.7 Å². The van der Waals surface area contributed by atoms with E-state index in [1.165, 1.54) is 12.7 Å². The van der Waals surface area contributed by atoms with Crippen LogP contribution < -0.4 is 16.0 Å². The minimum absolute atomic E-state index is 0.110. The maximum absolute atomic E-state index is 11.8. The number of methoxy groups -OCH3 is 1. The summed E-state index contributed by atoms with van der Waals surface area (Å²) >= 11 is 5.52. The van der Waals surface area contributed by atoms with E-state index in [1.807, 2.05) is 30.3 Å². The number of aromatic nitrogens is 2. The summed E-state index contributed by atoms with van der Waals surface area (Å²) in [5.74, 6) is 0.111. The molecular weight excluding hydrogens is 538 g/mol. The molecule has 3 heterocycles. The molecule has 41 heavy (non-hydrogen) atoms. The first kappa shape index (κ1) is 26.8. The fourth-order valence-electron chi connectivity index (χ4n) is 5.14. The molecule has 10 heteroatoms. The number of nitrogens with zero attached hydrogens (tertiary/aromatic N) is 2. The fourth-order valence-corrected chi connectivity index (χ4v) is 5.41. The van der Waals surface area contributed by atoms with E-state index in [4.69, 9.17) is 31.4 Å². The molecule has 1 aromatic heterocycles. The minimum atomic E-state index is -0.409. The van der Waals surface area contributed by atoms with E-state index in [1.54, 1.807) is 24.4 Å². The zero-order valence-corrected chi connectivity index (χ0v) is 23.1. The molecule has 4 aromatic rings. The van der Waals surface area contributed by atoms with Crippen molar-refractivity contribution in [2.24, 2.45) is 0 Å². The summed E-state index contributed by atoms with van der Waals surface area (Å²) in [7, 11) is 1.35. The van der Waals surface area contributed by atoms with Gasteiger partial charge < -0.3 is 30.2 Å². The van der Waals surface area contributed by atoms with Gasteiger partial charge in [-0.2, -0.15) is 0 Å². The van der Waals surface area contributed by atoms with Crippen LogP contribution in [0.3, 0.4) is 0 Å². The highest BCUT2D eigenvalue weighted by atomic mass is 32.1. The van der Waals surface area contributed by atoms with Crippen LogP contribution in [-0.4, -0.2) is 65.7 Å². The average Bonchev–Trinajstić information content (AvgIpc) is 3.60. The normalized spacial score (nSPS) is 21.1. The third kappa shape index (κ3) is 6.04. The molecule has 0 spiro atoms. The lowest BCUT2D eigenvalue weighted by atomic mass is 10.0. The number of nitrogens with one attached hydrogen (secondary N) is 3. The number of hydrogen-bond acceptors (Lipinski definition) is 8. The summed E-state index contributed by atoms with van der Waals surface area (Å²) < 4.78 is 17.0. The van der Waals surface area contributed by atoms with Crippen molar-refractivity contribution in [3.63, 3.8) is 0 Å². The van der Waals surface area contributed by atoms with Crippen LogP contribution in [0.5, 0.6) is 0 Å². The highest BCUT2D eigenvalue weighted by molar-refractivity contribution is 7.80. The number of anilines is 2. The molecule has 2 aliphatic rings. The van der Waals surface area contributed by atoms with Crippen molar-refractivity contribution >= 4 is 34.9 Å². The second kappa shape index (κ2) is 12.0. The number of fused-ring (bicyclic) bond motifs is 1. The standard InChI is InChI=1S/C31H29N5O4S/c1-38-29(37)22-8-5-9-23(16-22)33-31(41)36-26-18-40-27-25(17-39-28(26)27)35-30-32-15-14-24(34-30)21-12-10-20(11-13-21)19-6-3-2-4-7-19/h2-16,25-28H,17-18H2,1H3,(H,32,34,35)(H2,33,36,41). The smallest absolute Gasteiger partial charge is 0.337 e. The van der Waals surface area contributed by atoms with E-state index in [0.717, 1.165) is 16.8 Å². The Bertz CT molecular complexity index is 1540. The number of hydrogen-bond donors (Lipinski definition) is 3. The largest absolute Gasteiger partial charge is 0.465 e. The summed E-state index contributed by atoms with van der Waals surface area (Å²) in [6.45, 7) is 0.889. The maximum Gasteiger partial charge on any atom is 0.337 e. The van der Waals surface area contributed by atoms with E-state index in [2.05, 4.69) is 57.3 Å². The van der Waals surface area contributed by atoms with Gasteiger partial charge in [0.1, 0.15) is 12.2 Å². The van der Waals surface area contributed by atoms with Gasteiger partial charge >= 0.3 is 5.97 Å². The van der Waals surface area contributed by atoms with Crippen LogP contribution in [0.25, 0.3) is 22.4 Å². The Kier molecular flexibility index (Phi) is 7.86. The van der Waals surface area contributed by atoms with Gasteiger partial charge in [0.05, 0.1) is 43.7 Å². The fraction of sp³-hybridized carbons (Fsp3) is 0.226. The lowest BCUT2D eigenvalue weighted by Gasteiger charge is -2.20. The van der Waals surface area contributed by atoms with E-state index in [9.17, 15) is 4.79 Å². The third-order valence-electron chi connectivity index (χ3n) is 7.17. The number of benzene rings is 3. The molecule has 4 unspecified atom stereocenters. The number of thiocarbonyl (C=S) groups is 1. The first-order valence-corrected chi connectivity index (χ1v) is 13.7. The van der Waals surface area contributed by atoms with E-state index in [0.29, 0.717) is 35.5 Å². The predicted octanol–water partition coefficient (Wildman–Crippen LogP) is 4.53. The number of esters is 1. The molecule has 6 rings (SSSR count). The molecule has 208 valence electrons. The van der Waals surface area contributed by atoms with E-state index < -0.39 is 5.97 Å². The van der Waals surface area contributed by atoms with Gasteiger partial charge in [-0.25, -0.2) is 14.8 Å². The molecule has 0 saturated carbocycles. The number of carbonyl (C=O) groups excluding carboxylic acids is 1. The van der Waals surface area contributed by atoms with Gasteiger partial charge in [0.25, 0.3) is 0 Å². The molecule has 0 amide bonds. The van der Waals surface area contributed by atoms with Crippen LogP contribution in [0.1, 0.15) is 10.4 Å². The Balaban J connectivity index is 1.06. The molecule has 2 fully saturated rings. The molecule has 3 aromatic carbocycles. The summed E-state index contributed by atoms with van der Waals surface area (Å²) in [5, 5.41) is 10.2. The summed E-state index contributed by atoms with van der Waals surface area (Å²) in [4.78, 5) is 21.0. The number of ether oxygens (including phenoxy) is 3. The van der Waals surface area contributed by atoms with Crippen molar-refractivity contribution < 1.29 is 19.0 Å². The quantitative estimate of drug-likeness (QED) is 0.218. The van der Waals surface area contributed by atoms with Gasteiger partial charge in [-0.3, -0.25) is 0 Å². The van der Waals surface area contributed by atoms with Gasteiger partial charge in [-0.15, -0.1) is 0 Å². The van der Waals surface area contributed by atoms with Crippen molar-refractivity contribution in [1.29, 1.82) is 0 Å². The number of rotatable bonds is 7. The lowest BCUT2D eigenvalue weighted by Crippen LogP contribution is -2.46. The molecule has 9 nitrogen and oxygen atoms in total. The zero-order valence-electron chi connectivity index (χ0n) is 22.3. The Morgan fingerprint density at radius 1 is 0.878 bits per heavy atom. The van der Waals surface area contributed by atoms with Crippen molar-refractivity contribution in [3.05, 3.63) is 96.7 Å². The topological polar surface area (TPSA) is 107 Å². The Labute approximate surface area is 243 Å². The molecular formula is C31H29N5O4S. The van der Waals surface area contributed by atoms with Crippen LogP contribution in [0.15, 0.2) is 91.1 Å². The summed E-state index contributed by atoms with van der Waals surface area (Å²) in [5.41, 5.74) is 5.29. The molecule has 2 aliphatic heterocycles. The molecule has 3 N–H and O–H groups in total. The Morgan fingerprint density at radius 3 is 2.37 bits per heavy atom. The Hall–Kier alpha value is -4.38. The van der Waals surface area contributed by atoms with Crippen LogP contribution >= 0.6 is 12.2 Å². The molecule has 0 bridgehead atoms. The molecule has 2 saturated heterocycles. The Morgan fingerprint density at radius 2 is 1.59 bits per heavy atom. The van der Waals surface area contributed by atoms with Gasteiger partial charge in [0.15, 0.2) is 5.11 Å². The minimum Gasteiger partial charge on any atom is -0.465 e. The monoisotopic (exact) mass is 567 g/mol. The first-order chi connectivity index (χ1) is 20.1. The summed E-state index contributed by atoms with van der Waals surface area (Å²) in [6, 6.07) is 27.2. The van der Waals surface area contributed by atoms with Crippen LogP contribution in [0, 0.1) is 0 Å². The SMILES string of the molecule is COC(=O)c1cccc(NC(=S)NC2COC3C(Nc4nccc(-c5ccc(-c6ccccc6)cc5)n4)COC23)c1. The summed E-state index contributed by atoms with van der Waals surface area (Å²) in [6.07, 6.45) is 1.38. The van der Waals surface area contributed by atoms with Crippen molar-refractivity contribution in [1.82, 2.24) is 15.3 Å². The van der Waals surface area contributed by atoms with Crippen molar-refractivity contribution in [2.45, 2.75) is 24.3 Å². The highest BCUT2D eigenvalue weighted by Gasteiger charge is 2.48. The van der Waals surface area contributed by atoms with Crippen molar-refractivity contribution in [2.75, 3.05) is 31.0 Å². The lowest BCUT2D eigenvalue weighted by molar-refractivity contribution is 0.0600.